The van der Waals surface area contributed by atoms with E-state index in [-0.39, 0.29) is 0 Å². The smallest absolute Gasteiger partial charge is 0.0410 e. The van der Waals surface area contributed by atoms with E-state index in [2.05, 4.69) is 38.4 Å². The summed E-state index contributed by atoms with van der Waals surface area (Å²) in [6.07, 6.45) is 12.9. The maximum Gasteiger partial charge on any atom is 0.0410 e. The second-order valence-corrected chi connectivity index (χ2v) is 5.94. The van der Waals surface area contributed by atoms with E-state index in [1.54, 1.807) is 0 Å². The Kier molecular flexibility index (Phi) is 5.39. The Morgan fingerprint density at radius 3 is 2.83 bits per heavy atom. The minimum absolute atomic E-state index is 0.755. The fourth-order valence-corrected chi connectivity index (χ4v) is 3.09. The number of pyridine rings is 1. The molecule has 0 unspecified atom stereocenters. The Morgan fingerprint density at radius 2 is 2.17 bits per heavy atom. The number of nitrogens with one attached hydrogen (secondary N) is 1. The molecule has 0 spiro atoms. The van der Waals surface area contributed by atoms with Gasteiger partial charge < -0.3 is 5.32 Å². The largest absolute Gasteiger partial charge is 0.316 e. The quantitative estimate of drug-likeness (QED) is 0.908. The van der Waals surface area contributed by atoms with Crippen molar-refractivity contribution < 1.29 is 0 Å². The average molecular weight is 309 g/mol. The van der Waals surface area contributed by atoms with Crippen molar-refractivity contribution in [2.24, 2.45) is 5.92 Å². The monoisotopic (exact) mass is 308 g/mol. The Labute approximate surface area is 118 Å². The van der Waals surface area contributed by atoms with Crippen molar-refractivity contribution in [2.45, 2.75) is 32.1 Å². The van der Waals surface area contributed by atoms with E-state index in [4.69, 9.17) is 0 Å². The molecule has 0 aliphatic heterocycles. The molecule has 1 aromatic rings. The van der Waals surface area contributed by atoms with E-state index < -0.39 is 0 Å². The standard InChI is InChI=1S/C15H21BrN2/c1-17-10-14(13-5-3-2-4-6-13)7-12-8-15(16)11-18-9-12/h7-9,11,13,17H,2-6,10H2,1H3/b14-7-. The van der Waals surface area contributed by atoms with Crippen LogP contribution in [0.1, 0.15) is 37.7 Å². The molecule has 1 saturated carbocycles. The molecule has 3 heteroatoms. The lowest BCUT2D eigenvalue weighted by molar-refractivity contribution is 0.398. The van der Waals surface area contributed by atoms with Crippen LogP contribution in [0.4, 0.5) is 0 Å². The molecule has 2 rings (SSSR count). The minimum atomic E-state index is 0.755. The second kappa shape index (κ2) is 7.05. The Balaban J connectivity index is 2.17. The molecule has 2 nitrogen and oxygen atoms in total. The lowest BCUT2D eigenvalue weighted by atomic mass is 9.83. The summed E-state index contributed by atoms with van der Waals surface area (Å²) in [5.74, 6) is 0.755. The first-order valence-electron chi connectivity index (χ1n) is 6.75. The fourth-order valence-electron chi connectivity index (χ4n) is 2.71. The first kappa shape index (κ1) is 13.8. The molecule has 0 saturated heterocycles. The summed E-state index contributed by atoms with van der Waals surface area (Å²) in [5, 5.41) is 3.30. The summed E-state index contributed by atoms with van der Waals surface area (Å²) < 4.78 is 1.05. The van der Waals surface area contributed by atoms with Crippen LogP contribution >= 0.6 is 15.9 Å². The van der Waals surface area contributed by atoms with Crippen molar-refractivity contribution >= 4 is 22.0 Å². The van der Waals surface area contributed by atoms with E-state index in [9.17, 15) is 0 Å². The van der Waals surface area contributed by atoms with Crippen molar-refractivity contribution in [2.75, 3.05) is 13.6 Å². The fraction of sp³-hybridized carbons (Fsp3) is 0.533. The number of hydrogen-bond donors (Lipinski definition) is 1. The van der Waals surface area contributed by atoms with E-state index in [1.165, 1.54) is 43.2 Å². The number of aromatic nitrogens is 1. The van der Waals surface area contributed by atoms with E-state index in [0.29, 0.717) is 0 Å². The number of hydrogen-bond acceptors (Lipinski definition) is 2. The van der Waals surface area contributed by atoms with Crippen LogP contribution in [0.2, 0.25) is 0 Å². The predicted molar refractivity (Wildman–Crippen MR) is 80.4 cm³/mol. The van der Waals surface area contributed by atoms with Gasteiger partial charge in [-0.25, -0.2) is 0 Å². The summed E-state index contributed by atoms with van der Waals surface area (Å²) in [6, 6.07) is 2.13. The van der Waals surface area contributed by atoms with Gasteiger partial charge in [0.15, 0.2) is 0 Å². The Bertz CT molecular complexity index is 409. The summed E-state index contributed by atoms with van der Waals surface area (Å²) in [7, 11) is 2.02. The van der Waals surface area contributed by atoms with Gasteiger partial charge in [-0.15, -0.1) is 0 Å². The second-order valence-electron chi connectivity index (χ2n) is 5.02. The van der Waals surface area contributed by atoms with Crippen LogP contribution in [0, 0.1) is 5.92 Å². The van der Waals surface area contributed by atoms with Crippen molar-refractivity contribution in [3.8, 4) is 0 Å². The average Bonchev–Trinajstić information content (AvgIpc) is 2.39. The first-order valence-corrected chi connectivity index (χ1v) is 7.54. The third-order valence-electron chi connectivity index (χ3n) is 3.59. The van der Waals surface area contributed by atoms with Crippen LogP contribution in [-0.4, -0.2) is 18.6 Å². The molecule has 1 aliphatic carbocycles. The molecule has 0 amide bonds. The lowest BCUT2D eigenvalue weighted by Crippen LogP contribution is -2.19. The zero-order valence-corrected chi connectivity index (χ0v) is 12.5. The molecule has 0 aromatic carbocycles. The predicted octanol–water partition coefficient (Wildman–Crippen LogP) is 4.03. The normalized spacial score (nSPS) is 18.0. The molecule has 1 N–H and O–H groups in total. The number of rotatable bonds is 4. The third-order valence-corrected chi connectivity index (χ3v) is 4.02. The van der Waals surface area contributed by atoms with Gasteiger partial charge >= 0.3 is 0 Å². The van der Waals surface area contributed by atoms with Crippen molar-refractivity contribution in [3.63, 3.8) is 0 Å². The summed E-state index contributed by atoms with van der Waals surface area (Å²) in [5.41, 5.74) is 2.72. The van der Waals surface area contributed by atoms with Crippen molar-refractivity contribution in [3.05, 3.63) is 34.1 Å². The molecule has 0 bridgehead atoms. The molecule has 18 heavy (non-hydrogen) atoms. The van der Waals surface area contributed by atoms with Crippen LogP contribution < -0.4 is 5.32 Å². The maximum absolute atomic E-state index is 4.23. The molecule has 1 fully saturated rings. The molecule has 1 aromatic heterocycles. The van der Waals surface area contributed by atoms with Gasteiger partial charge in [0.2, 0.25) is 0 Å². The molecule has 1 heterocycles. The Hall–Kier alpha value is -0.670. The minimum Gasteiger partial charge on any atom is -0.316 e. The van der Waals surface area contributed by atoms with E-state index in [1.807, 2.05) is 19.4 Å². The van der Waals surface area contributed by atoms with Gasteiger partial charge in [-0.3, -0.25) is 4.98 Å². The van der Waals surface area contributed by atoms with Gasteiger partial charge in [0.25, 0.3) is 0 Å². The summed E-state index contributed by atoms with van der Waals surface area (Å²) >= 11 is 3.48. The third kappa shape index (κ3) is 3.92. The zero-order valence-electron chi connectivity index (χ0n) is 11.0. The zero-order chi connectivity index (χ0) is 12.8. The molecular formula is C15H21BrN2. The van der Waals surface area contributed by atoms with Crippen LogP contribution in [0.3, 0.4) is 0 Å². The number of nitrogens with zero attached hydrogens (tertiary/aromatic N) is 1. The molecule has 0 atom stereocenters. The SMILES string of the molecule is CNC/C(=C/c1cncc(Br)c1)C1CCCCC1. The van der Waals surface area contributed by atoms with Crippen LogP contribution in [-0.2, 0) is 0 Å². The maximum atomic E-state index is 4.23. The number of halogens is 1. The number of likely N-dealkylation sites (N-methyl/N-ethyl adjacent to an activating group) is 1. The van der Waals surface area contributed by atoms with Crippen LogP contribution in [0.5, 0.6) is 0 Å². The van der Waals surface area contributed by atoms with E-state index in [0.717, 1.165) is 16.9 Å². The first-order chi connectivity index (χ1) is 8.79. The topological polar surface area (TPSA) is 24.9 Å². The highest BCUT2D eigenvalue weighted by Crippen LogP contribution is 2.30. The van der Waals surface area contributed by atoms with Gasteiger partial charge in [-0.1, -0.05) is 30.9 Å². The molecule has 98 valence electrons. The summed E-state index contributed by atoms with van der Waals surface area (Å²) in [6.45, 7) is 0.983. The van der Waals surface area contributed by atoms with Gasteiger partial charge in [0, 0.05) is 23.4 Å². The van der Waals surface area contributed by atoms with E-state index >= 15 is 0 Å². The summed E-state index contributed by atoms with van der Waals surface area (Å²) in [4.78, 5) is 4.23. The molecule has 1 aliphatic rings. The van der Waals surface area contributed by atoms with Crippen LogP contribution in [0.15, 0.2) is 28.5 Å². The molecule has 0 radical (unpaired) electrons. The highest BCUT2D eigenvalue weighted by atomic mass is 79.9. The Morgan fingerprint density at radius 1 is 1.39 bits per heavy atom. The van der Waals surface area contributed by atoms with Crippen LogP contribution in [0.25, 0.3) is 6.08 Å². The van der Waals surface area contributed by atoms with Gasteiger partial charge in [0.05, 0.1) is 0 Å². The van der Waals surface area contributed by atoms with Gasteiger partial charge in [-0.2, -0.15) is 0 Å². The molecular weight excluding hydrogens is 288 g/mol. The van der Waals surface area contributed by atoms with Gasteiger partial charge in [0.1, 0.15) is 0 Å². The highest BCUT2D eigenvalue weighted by Gasteiger charge is 2.17. The van der Waals surface area contributed by atoms with Crippen molar-refractivity contribution in [1.29, 1.82) is 0 Å². The van der Waals surface area contributed by atoms with Crippen molar-refractivity contribution in [1.82, 2.24) is 10.3 Å². The lowest BCUT2D eigenvalue weighted by Gasteiger charge is -2.24. The van der Waals surface area contributed by atoms with Gasteiger partial charge in [-0.05, 0) is 53.4 Å². The highest BCUT2D eigenvalue weighted by molar-refractivity contribution is 9.10.